The predicted molar refractivity (Wildman–Crippen MR) is 69.7 cm³/mol. The van der Waals surface area contributed by atoms with Crippen LogP contribution < -0.4 is 15.2 Å². The van der Waals surface area contributed by atoms with Crippen LogP contribution in [0.5, 0.6) is 11.5 Å². The van der Waals surface area contributed by atoms with Crippen molar-refractivity contribution in [2.75, 3.05) is 5.73 Å². The molecule has 0 unspecified atom stereocenters. The van der Waals surface area contributed by atoms with Crippen LogP contribution in [0, 0.1) is 0 Å². The number of nitrogens with two attached hydrogens (primary N) is 1. The summed E-state index contributed by atoms with van der Waals surface area (Å²) in [4.78, 5) is 0. The van der Waals surface area contributed by atoms with E-state index in [9.17, 15) is 26.3 Å². The average molecular weight is 337 g/mol. The summed E-state index contributed by atoms with van der Waals surface area (Å²) >= 11 is 0. The molecule has 2 rings (SSSR count). The highest BCUT2D eigenvalue weighted by Crippen LogP contribution is 2.33. The van der Waals surface area contributed by atoms with Gasteiger partial charge in [0.2, 0.25) is 0 Å². The lowest BCUT2D eigenvalue weighted by Crippen LogP contribution is -2.17. The quantitative estimate of drug-likeness (QED) is 0.650. The average Bonchev–Trinajstić information content (AvgIpc) is 2.36. The SMILES string of the molecule is Nc1cc(OC(F)(F)F)ccc1-c1ccc(OC(F)(F)F)cc1. The predicted octanol–water partition coefficient (Wildman–Crippen LogP) is 4.73. The molecule has 2 N–H and O–H groups in total. The highest BCUT2D eigenvalue weighted by atomic mass is 19.4. The van der Waals surface area contributed by atoms with Crippen LogP contribution in [0.15, 0.2) is 42.5 Å². The Labute approximate surface area is 126 Å². The first-order valence-corrected chi connectivity index (χ1v) is 6.05. The van der Waals surface area contributed by atoms with E-state index < -0.39 is 24.2 Å². The molecule has 0 aliphatic carbocycles. The molecule has 0 saturated heterocycles. The second-order valence-electron chi connectivity index (χ2n) is 4.37. The summed E-state index contributed by atoms with van der Waals surface area (Å²) in [6.45, 7) is 0. The third-order valence-electron chi connectivity index (χ3n) is 2.66. The van der Waals surface area contributed by atoms with Gasteiger partial charge >= 0.3 is 12.7 Å². The molecular weight excluding hydrogens is 328 g/mol. The van der Waals surface area contributed by atoms with Gasteiger partial charge in [-0.05, 0) is 29.8 Å². The largest absolute Gasteiger partial charge is 0.573 e. The lowest BCUT2D eigenvalue weighted by atomic mass is 10.0. The fourth-order valence-electron chi connectivity index (χ4n) is 1.84. The van der Waals surface area contributed by atoms with E-state index in [0.29, 0.717) is 11.1 Å². The number of ether oxygens (including phenoxy) is 2. The second kappa shape index (κ2) is 5.90. The molecule has 124 valence electrons. The van der Waals surface area contributed by atoms with Crippen molar-refractivity contribution in [1.29, 1.82) is 0 Å². The summed E-state index contributed by atoms with van der Waals surface area (Å²) < 4.78 is 79.9. The van der Waals surface area contributed by atoms with Gasteiger partial charge < -0.3 is 15.2 Å². The van der Waals surface area contributed by atoms with E-state index >= 15 is 0 Å². The standard InChI is InChI=1S/C14H9F6NO2/c15-13(16,17)22-9-3-1-8(2-4-9)11-6-5-10(7-12(11)21)23-14(18,19)20/h1-7H,21H2. The molecule has 2 aromatic carbocycles. The molecule has 0 atom stereocenters. The molecule has 0 amide bonds. The minimum atomic E-state index is -4.84. The Balaban J connectivity index is 2.22. The van der Waals surface area contributed by atoms with Gasteiger partial charge in [-0.25, -0.2) is 0 Å². The summed E-state index contributed by atoms with van der Waals surface area (Å²) in [7, 11) is 0. The smallest absolute Gasteiger partial charge is 0.406 e. The van der Waals surface area contributed by atoms with Crippen LogP contribution >= 0.6 is 0 Å². The minimum Gasteiger partial charge on any atom is -0.406 e. The summed E-state index contributed by atoms with van der Waals surface area (Å²) in [5, 5.41) is 0. The number of halogens is 6. The number of hydrogen-bond donors (Lipinski definition) is 1. The number of rotatable bonds is 3. The van der Waals surface area contributed by atoms with Crippen LogP contribution in [0.4, 0.5) is 32.0 Å². The normalized spacial score (nSPS) is 12.1. The Hall–Kier alpha value is -2.58. The van der Waals surface area contributed by atoms with Crippen LogP contribution in [0.3, 0.4) is 0 Å². The molecule has 0 bridgehead atoms. The minimum absolute atomic E-state index is 0.0174. The summed E-state index contributed by atoms with van der Waals surface area (Å²) in [6.07, 6.45) is -9.65. The molecule has 0 fully saturated rings. The third-order valence-corrected chi connectivity index (χ3v) is 2.66. The second-order valence-corrected chi connectivity index (χ2v) is 4.37. The fourth-order valence-corrected chi connectivity index (χ4v) is 1.84. The highest BCUT2D eigenvalue weighted by Gasteiger charge is 2.32. The van der Waals surface area contributed by atoms with Crippen molar-refractivity contribution in [3.8, 4) is 22.6 Å². The van der Waals surface area contributed by atoms with E-state index in [1.807, 2.05) is 0 Å². The molecule has 0 aliphatic rings. The zero-order valence-corrected chi connectivity index (χ0v) is 11.2. The molecule has 2 aromatic rings. The Morgan fingerprint density at radius 2 is 1.17 bits per heavy atom. The molecule has 0 saturated carbocycles. The molecule has 3 nitrogen and oxygen atoms in total. The van der Waals surface area contributed by atoms with Gasteiger partial charge in [-0.1, -0.05) is 12.1 Å². The number of benzene rings is 2. The molecule has 0 heterocycles. The summed E-state index contributed by atoms with van der Waals surface area (Å²) in [5.41, 5.74) is 6.39. The van der Waals surface area contributed by atoms with Crippen molar-refractivity contribution in [2.24, 2.45) is 0 Å². The highest BCUT2D eigenvalue weighted by molar-refractivity contribution is 5.77. The van der Waals surface area contributed by atoms with Crippen molar-refractivity contribution in [2.45, 2.75) is 12.7 Å². The molecule has 0 spiro atoms. The number of hydrogen-bond acceptors (Lipinski definition) is 3. The van der Waals surface area contributed by atoms with E-state index in [2.05, 4.69) is 9.47 Å². The van der Waals surface area contributed by atoms with E-state index in [1.54, 1.807) is 0 Å². The molecule has 0 radical (unpaired) electrons. The molecule has 0 aromatic heterocycles. The van der Waals surface area contributed by atoms with E-state index in [4.69, 9.17) is 5.73 Å². The van der Waals surface area contributed by atoms with Crippen LogP contribution in [0.1, 0.15) is 0 Å². The van der Waals surface area contributed by atoms with Crippen molar-refractivity contribution in [1.82, 2.24) is 0 Å². The first kappa shape index (κ1) is 16.8. The molecule has 9 heteroatoms. The molecule has 0 aliphatic heterocycles. The van der Waals surface area contributed by atoms with Gasteiger partial charge in [-0.3, -0.25) is 0 Å². The van der Waals surface area contributed by atoms with Crippen LogP contribution in [-0.2, 0) is 0 Å². The maximum atomic E-state index is 12.1. The third kappa shape index (κ3) is 4.97. The van der Waals surface area contributed by atoms with Gasteiger partial charge in [0.15, 0.2) is 0 Å². The van der Waals surface area contributed by atoms with Crippen molar-refractivity contribution in [3.05, 3.63) is 42.5 Å². The topological polar surface area (TPSA) is 44.5 Å². The zero-order chi connectivity index (χ0) is 17.3. The zero-order valence-electron chi connectivity index (χ0n) is 11.2. The van der Waals surface area contributed by atoms with Gasteiger partial charge in [0.25, 0.3) is 0 Å². The molecule has 23 heavy (non-hydrogen) atoms. The van der Waals surface area contributed by atoms with E-state index in [-0.39, 0.29) is 5.69 Å². The van der Waals surface area contributed by atoms with Gasteiger partial charge in [0.05, 0.1) is 0 Å². The van der Waals surface area contributed by atoms with Crippen LogP contribution in [0.25, 0.3) is 11.1 Å². The van der Waals surface area contributed by atoms with Crippen molar-refractivity contribution < 1.29 is 35.8 Å². The van der Waals surface area contributed by atoms with Crippen LogP contribution in [0.2, 0.25) is 0 Å². The first-order valence-electron chi connectivity index (χ1n) is 6.05. The Kier molecular flexibility index (Phi) is 4.31. The maximum absolute atomic E-state index is 12.1. The van der Waals surface area contributed by atoms with Crippen molar-refractivity contribution in [3.63, 3.8) is 0 Å². The monoisotopic (exact) mass is 337 g/mol. The Morgan fingerprint density at radius 3 is 1.65 bits per heavy atom. The van der Waals surface area contributed by atoms with E-state index in [1.165, 1.54) is 18.2 Å². The lowest BCUT2D eigenvalue weighted by molar-refractivity contribution is -0.275. The first-order chi connectivity index (χ1) is 10.5. The van der Waals surface area contributed by atoms with Gasteiger partial charge in [-0.2, -0.15) is 0 Å². The number of nitrogen functional groups attached to an aromatic ring is 1. The van der Waals surface area contributed by atoms with Gasteiger partial charge in [0, 0.05) is 17.3 Å². The van der Waals surface area contributed by atoms with Crippen molar-refractivity contribution >= 4 is 5.69 Å². The Bertz CT molecular complexity index is 679. The summed E-state index contributed by atoms with van der Waals surface area (Å²) in [5.74, 6) is -0.910. The van der Waals surface area contributed by atoms with E-state index in [0.717, 1.165) is 24.3 Å². The van der Waals surface area contributed by atoms with Gasteiger partial charge in [-0.15, -0.1) is 26.3 Å². The van der Waals surface area contributed by atoms with Gasteiger partial charge in [0.1, 0.15) is 11.5 Å². The lowest BCUT2D eigenvalue weighted by Gasteiger charge is -2.12. The Morgan fingerprint density at radius 1 is 0.696 bits per heavy atom. The van der Waals surface area contributed by atoms with Crippen LogP contribution in [-0.4, -0.2) is 12.7 Å². The molecular formula is C14H9F6NO2. The number of anilines is 1. The maximum Gasteiger partial charge on any atom is 0.573 e. The summed E-state index contributed by atoms with van der Waals surface area (Å²) in [6, 6.07) is 8.05. The fraction of sp³-hybridized carbons (Fsp3) is 0.143. The number of alkyl halides is 6.